The number of benzene rings is 2. The third kappa shape index (κ3) is 3.99. The van der Waals surface area contributed by atoms with Gasteiger partial charge in [-0.1, -0.05) is 24.3 Å². The Morgan fingerprint density at radius 2 is 1.83 bits per heavy atom. The van der Waals surface area contributed by atoms with Crippen LogP contribution in [-0.4, -0.2) is 46.7 Å². The van der Waals surface area contributed by atoms with Gasteiger partial charge in [0, 0.05) is 18.7 Å². The van der Waals surface area contributed by atoms with Crippen molar-refractivity contribution in [1.82, 2.24) is 9.80 Å². The average Bonchev–Trinajstić information content (AvgIpc) is 2.74. The summed E-state index contributed by atoms with van der Waals surface area (Å²) >= 11 is 0. The Morgan fingerprint density at radius 1 is 1.07 bits per heavy atom. The van der Waals surface area contributed by atoms with Crippen molar-refractivity contribution < 1.29 is 18.8 Å². The summed E-state index contributed by atoms with van der Waals surface area (Å²) in [6, 6.07) is 12.4. The molecule has 0 bridgehead atoms. The smallest absolute Gasteiger partial charge is 0.255 e. The van der Waals surface area contributed by atoms with Crippen molar-refractivity contribution in [2.45, 2.75) is 31.8 Å². The van der Waals surface area contributed by atoms with Gasteiger partial charge in [-0.05, 0) is 49.1 Å². The van der Waals surface area contributed by atoms with Crippen LogP contribution in [0.5, 0.6) is 0 Å². The van der Waals surface area contributed by atoms with Gasteiger partial charge in [0.25, 0.3) is 5.91 Å². The molecule has 0 spiro atoms. The third-order valence-corrected chi connectivity index (χ3v) is 5.46. The quantitative estimate of drug-likeness (QED) is 0.866. The zero-order chi connectivity index (χ0) is 20.4. The Bertz CT molecular complexity index is 945. The van der Waals surface area contributed by atoms with Crippen molar-refractivity contribution in [2.24, 2.45) is 0 Å². The van der Waals surface area contributed by atoms with E-state index in [2.05, 4.69) is 5.32 Å². The van der Waals surface area contributed by atoms with Crippen molar-refractivity contribution in [3.05, 3.63) is 65.5 Å². The van der Waals surface area contributed by atoms with Gasteiger partial charge in [0.1, 0.15) is 18.4 Å². The van der Waals surface area contributed by atoms with E-state index in [0.717, 1.165) is 24.8 Å². The number of nitrogens with zero attached hydrogens (tertiary/aromatic N) is 2. The SMILES string of the molecule is O=C(Nc1ccccc1F)c1ccc(CN2CC(=O)N3CCCCC3C2=O)cc1. The first-order valence-electron chi connectivity index (χ1n) is 9.76. The van der Waals surface area contributed by atoms with E-state index < -0.39 is 11.7 Å². The number of halogens is 1. The number of hydrogen-bond donors (Lipinski definition) is 1. The van der Waals surface area contributed by atoms with E-state index in [-0.39, 0.29) is 30.1 Å². The lowest BCUT2D eigenvalue weighted by Gasteiger charge is -2.42. The Balaban J connectivity index is 1.42. The fourth-order valence-corrected chi connectivity index (χ4v) is 3.90. The maximum atomic E-state index is 13.7. The van der Waals surface area contributed by atoms with Gasteiger partial charge in [-0.25, -0.2) is 4.39 Å². The van der Waals surface area contributed by atoms with Crippen LogP contribution >= 0.6 is 0 Å². The van der Waals surface area contributed by atoms with Crippen LogP contribution in [-0.2, 0) is 16.1 Å². The van der Waals surface area contributed by atoms with Crippen molar-refractivity contribution >= 4 is 23.4 Å². The van der Waals surface area contributed by atoms with Crippen LogP contribution in [0.2, 0.25) is 0 Å². The van der Waals surface area contributed by atoms with Gasteiger partial charge in [0.05, 0.1) is 5.69 Å². The summed E-state index contributed by atoms with van der Waals surface area (Å²) in [5.41, 5.74) is 1.34. The number of carbonyl (C=O) groups excluding carboxylic acids is 3. The minimum Gasteiger partial charge on any atom is -0.329 e. The molecule has 2 aliphatic heterocycles. The first kappa shape index (κ1) is 19.1. The van der Waals surface area contributed by atoms with Gasteiger partial charge in [0.15, 0.2) is 0 Å². The highest BCUT2D eigenvalue weighted by molar-refractivity contribution is 6.04. The van der Waals surface area contributed by atoms with Crippen LogP contribution in [0.3, 0.4) is 0 Å². The second kappa shape index (κ2) is 8.03. The van der Waals surface area contributed by atoms with Crippen molar-refractivity contribution in [2.75, 3.05) is 18.4 Å². The molecule has 0 saturated carbocycles. The summed E-state index contributed by atoms with van der Waals surface area (Å²) in [7, 11) is 0. The molecule has 2 saturated heterocycles. The highest BCUT2D eigenvalue weighted by atomic mass is 19.1. The molecule has 2 fully saturated rings. The molecule has 150 valence electrons. The van der Waals surface area contributed by atoms with Crippen LogP contribution in [0.15, 0.2) is 48.5 Å². The molecule has 7 heteroatoms. The van der Waals surface area contributed by atoms with Crippen LogP contribution in [0.25, 0.3) is 0 Å². The van der Waals surface area contributed by atoms with E-state index >= 15 is 0 Å². The zero-order valence-corrected chi connectivity index (χ0v) is 15.9. The Hall–Kier alpha value is -3.22. The van der Waals surface area contributed by atoms with Gasteiger partial charge < -0.3 is 15.1 Å². The van der Waals surface area contributed by atoms with Crippen molar-refractivity contribution in [3.8, 4) is 0 Å². The molecule has 29 heavy (non-hydrogen) atoms. The molecular formula is C22H22FN3O3. The maximum Gasteiger partial charge on any atom is 0.255 e. The minimum atomic E-state index is -0.498. The molecule has 1 unspecified atom stereocenters. The predicted octanol–water partition coefficient (Wildman–Crippen LogP) is 2.80. The maximum absolute atomic E-state index is 13.7. The van der Waals surface area contributed by atoms with Gasteiger partial charge in [-0.2, -0.15) is 0 Å². The number of piperazine rings is 1. The lowest BCUT2D eigenvalue weighted by atomic mass is 9.98. The topological polar surface area (TPSA) is 69.7 Å². The van der Waals surface area contributed by atoms with Crippen molar-refractivity contribution in [1.29, 1.82) is 0 Å². The van der Waals surface area contributed by atoms with E-state index in [1.807, 2.05) is 0 Å². The molecule has 0 aliphatic carbocycles. The van der Waals surface area contributed by atoms with Crippen LogP contribution < -0.4 is 5.32 Å². The summed E-state index contributed by atoms with van der Waals surface area (Å²) < 4.78 is 13.7. The normalized spacial score (nSPS) is 19.1. The molecule has 2 aliphatic rings. The highest BCUT2D eigenvalue weighted by Gasteiger charge is 2.40. The molecule has 1 atom stereocenters. The fraction of sp³-hybridized carbons (Fsp3) is 0.318. The molecule has 2 aromatic rings. The number of carbonyl (C=O) groups is 3. The summed E-state index contributed by atoms with van der Waals surface area (Å²) in [4.78, 5) is 40.7. The first-order chi connectivity index (χ1) is 14.0. The van der Waals surface area contributed by atoms with Crippen molar-refractivity contribution in [3.63, 3.8) is 0 Å². The first-order valence-corrected chi connectivity index (χ1v) is 9.76. The number of nitrogens with one attached hydrogen (secondary N) is 1. The third-order valence-electron chi connectivity index (χ3n) is 5.46. The summed E-state index contributed by atoms with van der Waals surface area (Å²) in [6.45, 7) is 1.07. The number of hydrogen-bond acceptors (Lipinski definition) is 3. The lowest BCUT2D eigenvalue weighted by molar-refractivity contribution is -0.158. The van der Waals surface area contributed by atoms with E-state index in [0.29, 0.717) is 18.7 Å². The van der Waals surface area contributed by atoms with Crippen LogP contribution in [0.4, 0.5) is 10.1 Å². The second-order valence-corrected chi connectivity index (χ2v) is 7.42. The van der Waals surface area contributed by atoms with Crippen LogP contribution in [0, 0.1) is 5.82 Å². The minimum absolute atomic E-state index is 0.00446. The highest BCUT2D eigenvalue weighted by Crippen LogP contribution is 2.24. The molecule has 3 amide bonds. The van der Waals surface area contributed by atoms with Gasteiger partial charge in [0.2, 0.25) is 11.8 Å². The zero-order valence-electron chi connectivity index (χ0n) is 15.9. The summed E-state index contributed by atoms with van der Waals surface area (Å²) in [5, 5.41) is 2.54. The molecule has 4 rings (SSSR count). The van der Waals surface area contributed by atoms with Gasteiger partial charge >= 0.3 is 0 Å². The molecule has 1 N–H and O–H groups in total. The monoisotopic (exact) mass is 395 g/mol. The van der Waals surface area contributed by atoms with E-state index in [1.54, 1.807) is 46.2 Å². The van der Waals surface area contributed by atoms with Gasteiger partial charge in [-0.3, -0.25) is 14.4 Å². The van der Waals surface area contributed by atoms with E-state index in [1.165, 1.54) is 12.1 Å². The summed E-state index contributed by atoms with van der Waals surface area (Å²) in [5.74, 6) is -0.924. The Kier molecular flexibility index (Phi) is 5.29. The Labute approximate surface area is 168 Å². The molecule has 2 heterocycles. The summed E-state index contributed by atoms with van der Waals surface area (Å²) in [6.07, 6.45) is 2.63. The standard InChI is InChI=1S/C22H22FN3O3/c23-17-5-1-2-6-18(17)24-21(28)16-10-8-15(9-11-16)13-25-14-20(27)26-12-4-3-7-19(26)22(25)29/h1-2,5-6,8-11,19H,3-4,7,12-14H2,(H,24,28). The number of anilines is 1. The van der Waals surface area contributed by atoms with E-state index in [9.17, 15) is 18.8 Å². The second-order valence-electron chi connectivity index (χ2n) is 7.42. The number of piperidine rings is 1. The number of para-hydroxylation sites is 1. The average molecular weight is 395 g/mol. The molecule has 6 nitrogen and oxygen atoms in total. The molecule has 0 aromatic heterocycles. The number of fused-ring (bicyclic) bond motifs is 1. The number of rotatable bonds is 4. The van der Waals surface area contributed by atoms with E-state index in [4.69, 9.17) is 0 Å². The van der Waals surface area contributed by atoms with Gasteiger partial charge in [-0.15, -0.1) is 0 Å². The molecule has 0 radical (unpaired) electrons. The van der Waals surface area contributed by atoms with Crippen LogP contribution in [0.1, 0.15) is 35.2 Å². The molecule has 2 aromatic carbocycles. The fourth-order valence-electron chi connectivity index (χ4n) is 3.90. The molecular weight excluding hydrogens is 373 g/mol. The predicted molar refractivity (Wildman–Crippen MR) is 106 cm³/mol. The lowest BCUT2D eigenvalue weighted by Crippen LogP contribution is -2.60. The largest absolute Gasteiger partial charge is 0.329 e. The number of amides is 3. The Morgan fingerprint density at radius 3 is 2.59 bits per heavy atom.